The number of anilines is 1. The monoisotopic (exact) mass is 423 g/mol. The van der Waals surface area contributed by atoms with E-state index in [1.54, 1.807) is 18.6 Å². The zero-order valence-electron chi connectivity index (χ0n) is 17.3. The summed E-state index contributed by atoms with van der Waals surface area (Å²) in [7, 11) is 0. The fourth-order valence-corrected chi connectivity index (χ4v) is 3.76. The molecule has 158 valence electrons. The first-order valence-corrected chi connectivity index (χ1v) is 10.3. The van der Waals surface area contributed by atoms with Crippen LogP contribution >= 0.6 is 0 Å². The summed E-state index contributed by atoms with van der Waals surface area (Å²) >= 11 is 0. The standard InChI is InChI=1S/C24H21N7O/c32-24(27-11-8-17-5-3-9-25-13-17)20-19-7-1-2-12-31(19)23-21(20)22(29-16-30-23)28-15-18-6-4-10-26-14-18/h1-7,9-10,12-14,16H,8,11,15H2,(H,27,32)(H,28,29,30). The van der Waals surface area contributed by atoms with Crippen LogP contribution in [0.5, 0.6) is 0 Å². The number of nitrogens with one attached hydrogen (secondary N) is 2. The van der Waals surface area contributed by atoms with Crippen molar-refractivity contribution < 1.29 is 4.79 Å². The van der Waals surface area contributed by atoms with Crippen LogP contribution in [0.1, 0.15) is 21.5 Å². The summed E-state index contributed by atoms with van der Waals surface area (Å²) in [5, 5.41) is 7.09. The van der Waals surface area contributed by atoms with E-state index in [1.165, 1.54) is 6.33 Å². The Morgan fingerprint density at radius 3 is 2.53 bits per heavy atom. The highest BCUT2D eigenvalue weighted by Crippen LogP contribution is 2.30. The number of hydrogen-bond donors (Lipinski definition) is 2. The maximum atomic E-state index is 13.3. The number of carbonyl (C=O) groups is 1. The van der Waals surface area contributed by atoms with Gasteiger partial charge < -0.3 is 15.0 Å². The number of pyridine rings is 3. The molecule has 0 saturated carbocycles. The van der Waals surface area contributed by atoms with Gasteiger partial charge in [-0.25, -0.2) is 9.97 Å². The fraction of sp³-hybridized carbons (Fsp3) is 0.125. The first-order valence-electron chi connectivity index (χ1n) is 10.3. The molecule has 8 heteroatoms. The van der Waals surface area contributed by atoms with Crippen molar-refractivity contribution in [3.8, 4) is 0 Å². The van der Waals surface area contributed by atoms with Gasteiger partial charge in [0, 0.05) is 44.1 Å². The molecule has 5 heterocycles. The van der Waals surface area contributed by atoms with Crippen LogP contribution in [-0.2, 0) is 13.0 Å². The molecule has 32 heavy (non-hydrogen) atoms. The zero-order chi connectivity index (χ0) is 21.8. The van der Waals surface area contributed by atoms with Gasteiger partial charge in [-0.15, -0.1) is 0 Å². The molecule has 0 aliphatic rings. The summed E-state index contributed by atoms with van der Waals surface area (Å²) < 4.78 is 1.92. The molecule has 5 aromatic heterocycles. The maximum Gasteiger partial charge on any atom is 0.254 e. The lowest BCUT2D eigenvalue weighted by atomic mass is 10.1. The summed E-state index contributed by atoms with van der Waals surface area (Å²) in [6.45, 7) is 1.04. The molecule has 5 rings (SSSR count). The van der Waals surface area contributed by atoms with E-state index in [-0.39, 0.29) is 5.91 Å². The van der Waals surface area contributed by atoms with E-state index in [9.17, 15) is 4.79 Å². The van der Waals surface area contributed by atoms with Gasteiger partial charge in [0.05, 0.1) is 16.5 Å². The van der Waals surface area contributed by atoms with Gasteiger partial charge in [-0.3, -0.25) is 14.8 Å². The molecular formula is C24H21N7O. The van der Waals surface area contributed by atoms with Crippen molar-refractivity contribution in [2.75, 3.05) is 11.9 Å². The van der Waals surface area contributed by atoms with Crippen LogP contribution in [0.4, 0.5) is 5.82 Å². The molecule has 0 aromatic carbocycles. The van der Waals surface area contributed by atoms with E-state index in [4.69, 9.17) is 0 Å². The first-order chi connectivity index (χ1) is 15.8. The lowest BCUT2D eigenvalue weighted by molar-refractivity contribution is 0.0957. The van der Waals surface area contributed by atoms with Gasteiger partial charge in [0.1, 0.15) is 12.1 Å². The maximum absolute atomic E-state index is 13.3. The molecular weight excluding hydrogens is 402 g/mol. The number of aromatic nitrogens is 5. The van der Waals surface area contributed by atoms with Crippen LogP contribution in [-0.4, -0.2) is 36.8 Å². The van der Waals surface area contributed by atoms with Crippen LogP contribution in [0.25, 0.3) is 16.6 Å². The number of carbonyl (C=O) groups excluding carboxylic acids is 1. The Hall–Kier alpha value is -4.33. The van der Waals surface area contributed by atoms with E-state index in [0.717, 1.165) is 16.6 Å². The first kappa shape index (κ1) is 19.6. The predicted molar refractivity (Wildman–Crippen MR) is 122 cm³/mol. The largest absolute Gasteiger partial charge is 0.365 e. The Morgan fingerprint density at radius 1 is 0.938 bits per heavy atom. The van der Waals surface area contributed by atoms with Crippen molar-refractivity contribution in [1.29, 1.82) is 0 Å². The second-order valence-corrected chi connectivity index (χ2v) is 7.33. The number of amides is 1. The van der Waals surface area contributed by atoms with Crippen molar-refractivity contribution in [2.24, 2.45) is 0 Å². The van der Waals surface area contributed by atoms with Crippen LogP contribution in [0, 0.1) is 0 Å². The average molecular weight is 423 g/mol. The molecule has 0 atom stereocenters. The molecule has 0 unspecified atom stereocenters. The van der Waals surface area contributed by atoms with Crippen LogP contribution < -0.4 is 10.6 Å². The summed E-state index contributed by atoms with van der Waals surface area (Å²) in [5.41, 5.74) is 4.11. The third-order valence-corrected chi connectivity index (χ3v) is 5.25. The molecule has 0 aliphatic carbocycles. The molecule has 0 aliphatic heterocycles. The van der Waals surface area contributed by atoms with E-state index >= 15 is 0 Å². The Labute approximate surface area is 184 Å². The lowest BCUT2D eigenvalue weighted by Gasteiger charge is -2.09. The highest BCUT2D eigenvalue weighted by Gasteiger charge is 2.22. The highest BCUT2D eigenvalue weighted by molar-refractivity contribution is 6.16. The summed E-state index contributed by atoms with van der Waals surface area (Å²) in [6.07, 6.45) is 11.2. The minimum Gasteiger partial charge on any atom is -0.365 e. The van der Waals surface area contributed by atoms with Gasteiger partial charge in [-0.05, 0) is 41.8 Å². The predicted octanol–water partition coefficient (Wildman–Crippen LogP) is 3.26. The van der Waals surface area contributed by atoms with Crippen LogP contribution in [0.2, 0.25) is 0 Å². The van der Waals surface area contributed by atoms with E-state index in [0.29, 0.717) is 41.9 Å². The summed E-state index contributed by atoms with van der Waals surface area (Å²) in [6, 6.07) is 13.5. The third-order valence-electron chi connectivity index (χ3n) is 5.25. The van der Waals surface area contributed by atoms with E-state index in [1.807, 2.05) is 59.3 Å². The second kappa shape index (κ2) is 8.81. The number of rotatable bonds is 7. The van der Waals surface area contributed by atoms with Crippen LogP contribution in [0.3, 0.4) is 0 Å². The van der Waals surface area contributed by atoms with Gasteiger partial charge >= 0.3 is 0 Å². The Bertz CT molecular complexity index is 1370. The van der Waals surface area contributed by atoms with E-state index < -0.39 is 0 Å². The molecule has 8 nitrogen and oxygen atoms in total. The average Bonchev–Trinajstić information content (AvgIpc) is 3.19. The lowest BCUT2D eigenvalue weighted by Crippen LogP contribution is -2.26. The van der Waals surface area contributed by atoms with Crippen molar-refractivity contribution in [3.63, 3.8) is 0 Å². The molecule has 1 amide bonds. The smallest absolute Gasteiger partial charge is 0.254 e. The zero-order valence-corrected chi connectivity index (χ0v) is 17.3. The number of nitrogens with zero attached hydrogens (tertiary/aromatic N) is 5. The van der Waals surface area contributed by atoms with E-state index in [2.05, 4.69) is 30.6 Å². The molecule has 0 fully saturated rings. The van der Waals surface area contributed by atoms with Crippen molar-refractivity contribution in [2.45, 2.75) is 13.0 Å². The van der Waals surface area contributed by atoms with Crippen molar-refractivity contribution >= 4 is 28.3 Å². The molecule has 0 radical (unpaired) electrons. The van der Waals surface area contributed by atoms with Gasteiger partial charge in [-0.1, -0.05) is 18.2 Å². The summed E-state index contributed by atoms with van der Waals surface area (Å²) in [5.74, 6) is 0.451. The van der Waals surface area contributed by atoms with Crippen molar-refractivity contribution in [1.82, 2.24) is 29.7 Å². The molecule has 5 aromatic rings. The minimum atomic E-state index is -0.160. The third kappa shape index (κ3) is 3.85. The number of hydrogen-bond acceptors (Lipinski definition) is 6. The Morgan fingerprint density at radius 2 is 1.75 bits per heavy atom. The Kier molecular flexibility index (Phi) is 5.40. The van der Waals surface area contributed by atoms with Gasteiger partial charge in [0.2, 0.25) is 0 Å². The normalized spacial score (nSPS) is 11.0. The highest BCUT2D eigenvalue weighted by atomic mass is 16.1. The van der Waals surface area contributed by atoms with Gasteiger partial charge in [-0.2, -0.15) is 0 Å². The molecule has 0 spiro atoms. The quantitative estimate of drug-likeness (QED) is 0.417. The number of fused-ring (bicyclic) bond motifs is 3. The molecule has 2 N–H and O–H groups in total. The SMILES string of the molecule is O=C(NCCc1cccnc1)c1c2c(NCc3cccnc3)ncnc2n2ccccc12. The molecule has 0 saturated heterocycles. The Balaban J connectivity index is 1.48. The minimum absolute atomic E-state index is 0.160. The molecule has 0 bridgehead atoms. The van der Waals surface area contributed by atoms with Crippen molar-refractivity contribution in [3.05, 3.63) is 96.5 Å². The fourth-order valence-electron chi connectivity index (χ4n) is 3.76. The van der Waals surface area contributed by atoms with Crippen LogP contribution in [0.15, 0.2) is 79.8 Å². The van der Waals surface area contributed by atoms with Gasteiger partial charge in [0.15, 0.2) is 5.65 Å². The second-order valence-electron chi connectivity index (χ2n) is 7.33. The topological polar surface area (TPSA) is 97.1 Å². The summed E-state index contributed by atoms with van der Waals surface area (Å²) in [4.78, 5) is 30.5. The van der Waals surface area contributed by atoms with Gasteiger partial charge in [0.25, 0.3) is 5.91 Å².